The largest absolute Gasteiger partial charge is 0.325 e. The lowest BCUT2D eigenvalue weighted by atomic mass is 10.1. The highest BCUT2D eigenvalue weighted by Gasteiger charge is 2.15. The van der Waals surface area contributed by atoms with Gasteiger partial charge in [-0.3, -0.25) is 4.79 Å². The topological polar surface area (TPSA) is 59.8 Å². The van der Waals surface area contributed by atoms with Gasteiger partial charge in [0.25, 0.3) is 0 Å². The van der Waals surface area contributed by atoms with Gasteiger partial charge < -0.3 is 9.88 Å². The Hall–Kier alpha value is -2.02. The van der Waals surface area contributed by atoms with Gasteiger partial charge in [-0.2, -0.15) is 0 Å². The fraction of sp³-hybridized carbons (Fsp3) is 0.250. The molecule has 0 saturated carbocycles. The molecule has 3 aromatic rings. The zero-order valence-electron chi connectivity index (χ0n) is 15.8. The predicted octanol–water partition coefficient (Wildman–Crippen LogP) is 5.62. The smallest absolute Gasteiger partial charge is 0.234 e. The minimum atomic E-state index is -0.0880. The first-order valence-corrected chi connectivity index (χ1v) is 10.5. The van der Waals surface area contributed by atoms with E-state index in [-0.39, 0.29) is 11.7 Å². The Balaban J connectivity index is 1.70. The van der Waals surface area contributed by atoms with Crippen LogP contribution in [0.15, 0.2) is 41.6 Å². The molecule has 0 spiro atoms. The molecule has 1 heterocycles. The van der Waals surface area contributed by atoms with Gasteiger partial charge in [0.2, 0.25) is 5.91 Å². The number of aromatic nitrogens is 3. The summed E-state index contributed by atoms with van der Waals surface area (Å²) < 4.78 is 1.95. The highest BCUT2D eigenvalue weighted by molar-refractivity contribution is 7.99. The van der Waals surface area contributed by atoms with Crippen molar-refractivity contribution in [1.29, 1.82) is 0 Å². The highest BCUT2D eigenvalue weighted by atomic mass is 35.5. The maximum atomic E-state index is 12.3. The van der Waals surface area contributed by atoms with E-state index in [0.29, 0.717) is 27.6 Å². The first-order valence-electron chi connectivity index (χ1n) is 8.77. The van der Waals surface area contributed by atoms with E-state index in [1.807, 2.05) is 49.6 Å². The number of thioether (sulfide) groups is 1. The van der Waals surface area contributed by atoms with E-state index in [0.717, 1.165) is 16.8 Å². The predicted molar refractivity (Wildman–Crippen MR) is 116 cm³/mol. The molecular weight excluding hydrogens is 415 g/mol. The van der Waals surface area contributed by atoms with Crippen molar-refractivity contribution in [3.05, 3.63) is 57.6 Å². The molecule has 1 N–H and O–H groups in total. The average molecular weight is 435 g/mol. The number of nitrogens with one attached hydrogen (secondary N) is 1. The lowest BCUT2D eigenvalue weighted by Crippen LogP contribution is -2.14. The van der Waals surface area contributed by atoms with E-state index >= 15 is 0 Å². The molecule has 5 nitrogen and oxygen atoms in total. The Labute approximate surface area is 178 Å². The third-order valence-electron chi connectivity index (χ3n) is 4.33. The molecule has 0 aliphatic rings. The van der Waals surface area contributed by atoms with E-state index in [1.165, 1.54) is 17.3 Å². The van der Waals surface area contributed by atoms with E-state index in [1.54, 1.807) is 12.1 Å². The summed E-state index contributed by atoms with van der Waals surface area (Å²) in [5, 5.41) is 13.1. The average Bonchev–Trinajstić information content (AvgIpc) is 3.08. The minimum Gasteiger partial charge on any atom is -0.325 e. The monoisotopic (exact) mass is 434 g/mol. The van der Waals surface area contributed by atoms with Gasteiger partial charge in [0.1, 0.15) is 0 Å². The fourth-order valence-electron chi connectivity index (χ4n) is 2.68. The van der Waals surface area contributed by atoms with Crippen LogP contribution in [0.1, 0.15) is 18.1 Å². The third kappa shape index (κ3) is 4.69. The molecule has 0 fully saturated rings. The second-order valence-corrected chi connectivity index (χ2v) is 8.07. The zero-order valence-corrected chi connectivity index (χ0v) is 18.1. The molecule has 0 saturated heterocycles. The molecule has 8 heteroatoms. The number of hydrogen-bond acceptors (Lipinski definition) is 4. The van der Waals surface area contributed by atoms with Crippen LogP contribution in [0.4, 0.5) is 5.69 Å². The number of halogens is 2. The van der Waals surface area contributed by atoms with Crippen LogP contribution in [0.25, 0.3) is 11.4 Å². The van der Waals surface area contributed by atoms with Crippen LogP contribution in [-0.2, 0) is 11.3 Å². The first-order chi connectivity index (χ1) is 13.4. The van der Waals surface area contributed by atoms with Crippen molar-refractivity contribution >= 4 is 46.6 Å². The fourth-order valence-corrected chi connectivity index (χ4v) is 3.78. The SMILES string of the molecule is CCn1c(SCC(=O)Nc2ccc(C)c(C)c2)nnc1-c1ccc(Cl)c(Cl)c1. The Morgan fingerprint density at radius 1 is 1.07 bits per heavy atom. The van der Waals surface area contributed by atoms with Crippen molar-refractivity contribution in [2.24, 2.45) is 0 Å². The molecule has 0 aliphatic heterocycles. The Morgan fingerprint density at radius 3 is 2.54 bits per heavy atom. The zero-order chi connectivity index (χ0) is 20.3. The van der Waals surface area contributed by atoms with Crippen LogP contribution < -0.4 is 5.32 Å². The van der Waals surface area contributed by atoms with Crippen molar-refractivity contribution in [1.82, 2.24) is 14.8 Å². The number of aryl methyl sites for hydroxylation is 2. The molecule has 0 bridgehead atoms. The second-order valence-electron chi connectivity index (χ2n) is 6.32. The van der Waals surface area contributed by atoms with Gasteiger partial charge >= 0.3 is 0 Å². The van der Waals surface area contributed by atoms with Crippen LogP contribution in [0, 0.1) is 13.8 Å². The van der Waals surface area contributed by atoms with Crippen LogP contribution >= 0.6 is 35.0 Å². The molecule has 3 rings (SSSR count). The van der Waals surface area contributed by atoms with Crippen molar-refractivity contribution in [3.63, 3.8) is 0 Å². The summed E-state index contributed by atoms with van der Waals surface area (Å²) in [6.07, 6.45) is 0. The lowest BCUT2D eigenvalue weighted by Gasteiger charge is -2.09. The summed E-state index contributed by atoms with van der Waals surface area (Å²) in [7, 11) is 0. The highest BCUT2D eigenvalue weighted by Crippen LogP contribution is 2.29. The number of carbonyl (C=O) groups excluding carboxylic acids is 1. The molecule has 0 radical (unpaired) electrons. The molecule has 0 atom stereocenters. The Morgan fingerprint density at radius 2 is 1.86 bits per heavy atom. The van der Waals surface area contributed by atoms with Crippen molar-refractivity contribution < 1.29 is 4.79 Å². The molecule has 0 unspecified atom stereocenters. The lowest BCUT2D eigenvalue weighted by molar-refractivity contribution is -0.113. The standard InChI is InChI=1S/C20H20Cl2N4OS/c1-4-26-19(14-6-8-16(21)17(22)10-14)24-25-20(26)28-11-18(27)23-15-7-5-12(2)13(3)9-15/h5-10H,4,11H2,1-3H3,(H,23,27). The molecular formula is C20H20Cl2N4OS. The van der Waals surface area contributed by atoms with E-state index in [4.69, 9.17) is 23.2 Å². The summed E-state index contributed by atoms with van der Waals surface area (Å²) in [4.78, 5) is 12.3. The van der Waals surface area contributed by atoms with Gasteiger partial charge in [-0.1, -0.05) is 41.0 Å². The van der Waals surface area contributed by atoms with Crippen molar-refractivity contribution in [2.75, 3.05) is 11.1 Å². The van der Waals surface area contributed by atoms with Gasteiger partial charge in [0.15, 0.2) is 11.0 Å². The number of rotatable bonds is 6. The van der Waals surface area contributed by atoms with E-state index < -0.39 is 0 Å². The summed E-state index contributed by atoms with van der Waals surface area (Å²) in [5.41, 5.74) is 3.96. The molecule has 0 aliphatic carbocycles. The quantitative estimate of drug-likeness (QED) is 0.511. The van der Waals surface area contributed by atoms with Gasteiger partial charge in [-0.25, -0.2) is 0 Å². The molecule has 2 aromatic carbocycles. The van der Waals surface area contributed by atoms with Crippen LogP contribution in [0.3, 0.4) is 0 Å². The van der Waals surface area contributed by atoms with Crippen LogP contribution in [-0.4, -0.2) is 26.4 Å². The third-order valence-corrected chi connectivity index (χ3v) is 6.04. The maximum absolute atomic E-state index is 12.3. The Bertz CT molecular complexity index is 1020. The summed E-state index contributed by atoms with van der Waals surface area (Å²) in [5.74, 6) is 0.847. The second kappa shape index (κ2) is 8.99. The van der Waals surface area contributed by atoms with Gasteiger partial charge in [-0.05, 0) is 62.2 Å². The normalized spacial score (nSPS) is 10.9. The molecule has 1 aromatic heterocycles. The number of anilines is 1. The first kappa shape index (κ1) is 20.7. The maximum Gasteiger partial charge on any atom is 0.234 e. The summed E-state index contributed by atoms with van der Waals surface area (Å²) >= 11 is 13.5. The summed E-state index contributed by atoms with van der Waals surface area (Å²) in [6.45, 7) is 6.74. The number of carbonyl (C=O) groups is 1. The van der Waals surface area contributed by atoms with Gasteiger partial charge in [0, 0.05) is 17.8 Å². The minimum absolute atomic E-state index is 0.0880. The van der Waals surface area contributed by atoms with Gasteiger partial charge in [-0.15, -0.1) is 10.2 Å². The van der Waals surface area contributed by atoms with Crippen LogP contribution in [0.5, 0.6) is 0 Å². The Kier molecular flexibility index (Phi) is 6.65. The molecule has 146 valence electrons. The van der Waals surface area contributed by atoms with Gasteiger partial charge in [0.05, 0.1) is 15.8 Å². The number of benzene rings is 2. The van der Waals surface area contributed by atoms with E-state index in [2.05, 4.69) is 15.5 Å². The van der Waals surface area contributed by atoms with E-state index in [9.17, 15) is 4.79 Å². The van der Waals surface area contributed by atoms with Crippen molar-refractivity contribution in [2.45, 2.75) is 32.5 Å². The number of hydrogen-bond donors (Lipinski definition) is 1. The molecule has 28 heavy (non-hydrogen) atoms. The number of nitrogens with zero attached hydrogens (tertiary/aromatic N) is 3. The van der Waals surface area contributed by atoms with Crippen LogP contribution in [0.2, 0.25) is 10.0 Å². The van der Waals surface area contributed by atoms with Crippen molar-refractivity contribution in [3.8, 4) is 11.4 Å². The molecule has 1 amide bonds. The summed E-state index contributed by atoms with van der Waals surface area (Å²) in [6, 6.07) is 11.2. The number of amides is 1.